The Kier molecular flexibility index (Phi) is 15.7. The minimum atomic E-state index is 0. The van der Waals surface area contributed by atoms with Gasteiger partial charge >= 0.3 is 51.4 Å². The van der Waals surface area contributed by atoms with Crippen molar-refractivity contribution in [2.45, 2.75) is 18.9 Å². The van der Waals surface area contributed by atoms with Gasteiger partial charge in [0.2, 0.25) is 0 Å². The molecule has 0 spiro atoms. The molecule has 62 valence electrons. The van der Waals surface area contributed by atoms with Crippen LogP contribution in [0.3, 0.4) is 0 Å². The van der Waals surface area contributed by atoms with Crippen LogP contribution in [-0.4, -0.2) is 33.4 Å². The van der Waals surface area contributed by atoms with Crippen LogP contribution in [0.15, 0.2) is 0 Å². The number of nitrogens with two attached hydrogens (primary N) is 1. The van der Waals surface area contributed by atoms with E-state index in [2.05, 4.69) is 5.32 Å². The van der Waals surface area contributed by atoms with Gasteiger partial charge in [0.05, 0.1) is 6.61 Å². The molecule has 0 rings (SSSR count). The van der Waals surface area contributed by atoms with Crippen LogP contribution in [0, 0.1) is 0 Å². The average Bonchev–Trinajstić information content (AvgIpc) is 1.89. The molecule has 0 aromatic carbocycles. The van der Waals surface area contributed by atoms with Gasteiger partial charge in [0, 0.05) is 13.2 Å². The summed E-state index contributed by atoms with van der Waals surface area (Å²) in [4.78, 5) is 0. The minimum Gasteiger partial charge on any atom is -0.665 e. The Labute approximate surface area is 112 Å². The molecule has 0 bridgehead atoms. The predicted octanol–water partition coefficient (Wildman–Crippen LogP) is -2.25. The second-order valence-electron chi connectivity index (χ2n) is 2.40. The fourth-order valence-corrected chi connectivity index (χ4v) is 0.809. The summed E-state index contributed by atoms with van der Waals surface area (Å²) in [6.45, 7) is 1.57. The van der Waals surface area contributed by atoms with Crippen molar-refractivity contribution in [3.63, 3.8) is 0 Å². The normalized spacial score (nSPS) is 12.3. The predicted molar refractivity (Wildman–Crippen MR) is 43.2 cm³/mol. The summed E-state index contributed by atoms with van der Waals surface area (Å²) in [5.74, 6) is 0. The number of methoxy groups -OCH3 is 1. The molecule has 11 heavy (non-hydrogen) atoms. The van der Waals surface area contributed by atoms with Crippen LogP contribution < -0.4 is 57.1 Å². The van der Waals surface area contributed by atoms with Gasteiger partial charge in [-0.2, -0.15) is 7.05 Å². The Morgan fingerprint density at radius 1 is 1.55 bits per heavy atom. The van der Waals surface area contributed by atoms with E-state index in [0.29, 0.717) is 6.61 Å². The molecule has 0 fully saturated rings. The molecule has 0 saturated carbocycles. The zero-order valence-corrected chi connectivity index (χ0v) is 11.0. The molecule has 0 aliphatic carbocycles. The summed E-state index contributed by atoms with van der Waals surface area (Å²) < 4.78 is 4.88. The van der Waals surface area contributed by atoms with Crippen LogP contribution in [0.25, 0.3) is 5.32 Å². The molecule has 0 heterocycles. The first-order chi connectivity index (χ1) is 4.81. The molecule has 3 nitrogen and oxygen atoms in total. The third-order valence-electron chi connectivity index (χ3n) is 1.34. The number of ether oxygens (including phenoxy) is 1. The van der Waals surface area contributed by atoms with Gasteiger partial charge in [-0.05, 0) is 6.42 Å². The van der Waals surface area contributed by atoms with Crippen molar-refractivity contribution in [1.29, 1.82) is 0 Å². The summed E-state index contributed by atoms with van der Waals surface area (Å²) in [5, 5.41) is 3.97. The van der Waals surface area contributed by atoms with Crippen molar-refractivity contribution in [1.82, 2.24) is 0 Å². The number of hydrogen-bond donors (Lipinski definition) is 1. The Bertz CT molecular complexity index is 73.5. The molecule has 0 aliphatic rings. The average molecular weight is 184 g/mol. The van der Waals surface area contributed by atoms with Crippen LogP contribution in [0.2, 0.25) is 0 Å². The molecule has 0 amide bonds. The third kappa shape index (κ3) is 11.5. The van der Waals surface area contributed by atoms with Gasteiger partial charge in [0.25, 0.3) is 0 Å². The van der Waals surface area contributed by atoms with E-state index >= 15 is 0 Å². The number of nitrogens with zero attached hydrogens (tertiary/aromatic N) is 1. The smallest absolute Gasteiger partial charge is 0.665 e. The zero-order valence-electron chi connectivity index (χ0n) is 7.84. The molecule has 0 radical (unpaired) electrons. The summed E-state index contributed by atoms with van der Waals surface area (Å²) in [6.07, 6.45) is 2.08. The molecular formula is C7H17KN2O. The molecule has 0 aromatic rings. The maximum absolute atomic E-state index is 5.66. The van der Waals surface area contributed by atoms with E-state index in [-0.39, 0.29) is 57.4 Å². The maximum atomic E-state index is 5.66. The van der Waals surface area contributed by atoms with Crippen molar-refractivity contribution in [2.24, 2.45) is 5.73 Å². The van der Waals surface area contributed by atoms with Gasteiger partial charge in [-0.15, -0.1) is 6.54 Å². The minimum absolute atomic E-state index is 0. The van der Waals surface area contributed by atoms with E-state index in [1.165, 1.54) is 0 Å². The van der Waals surface area contributed by atoms with Crippen LogP contribution >= 0.6 is 0 Å². The first kappa shape index (κ1) is 15.0. The molecule has 1 unspecified atom stereocenters. The first-order valence-electron chi connectivity index (χ1n) is 3.61. The summed E-state index contributed by atoms with van der Waals surface area (Å²) >= 11 is 0. The Hall–Kier alpha value is 1.52. The zero-order chi connectivity index (χ0) is 7.82. The van der Waals surface area contributed by atoms with E-state index in [9.17, 15) is 0 Å². The largest absolute Gasteiger partial charge is 1.00 e. The van der Waals surface area contributed by atoms with Crippen LogP contribution in [0.4, 0.5) is 0 Å². The molecule has 2 N–H and O–H groups in total. The second kappa shape index (κ2) is 11.5. The molecule has 0 saturated heterocycles. The van der Waals surface area contributed by atoms with Crippen molar-refractivity contribution < 1.29 is 56.1 Å². The Morgan fingerprint density at radius 3 is 2.64 bits per heavy atom. The SMILES string of the molecule is C[N-]CCCC(N)COC.[K+]. The van der Waals surface area contributed by atoms with E-state index in [1.807, 2.05) is 7.05 Å². The van der Waals surface area contributed by atoms with Crippen LogP contribution in [-0.2, 0) is 4.74 Å². The van der Waals surface area contributed by atoms with Crippen LogP contribution in [0.5, 0.6) is 0 Å². The Morgan fingerprint density at radius 2 is 2.18 bits per heavy atom. The monoisotopic (exact) mass is 184 g/mol. The first-order valence-corrected chi connectivity index (χ1v) is 3.61. The van der Waals surface area contributed by atoms with E-state index in [0.717, 1.165) is 19.4 Å². The molecule has 0 aromatic heterocycles. The van der Waals surface area contributed by atoms with Crippen molar-refractivity contribution in [3.8, 4) is 0 Å². The quantitative estimate of drug-likeness (QED) is 0.374. The standard InChI is InChI=1S/C7H17N2O.K/c1-9-5-3-4-7(8)6-10-2;/h7H,3-6,8H2,1-2H3;/q-1;+1. The van der Waals surface area contributed by atoms with E-state index in [1.54, 1.807) is 7.11 Å². The molecular weight excluding hydrogens is 167 g/mol. The number of rotatable bonds is 6. The fourth-order valence-electron chi connectivity index (χ4n) is 0.809. The van der Waals surface area contributed by atoms with Gasteiger partial charge in [-0.1, -0.05) is 6.42 Å². The molecule has 1 atom stereocenters. The summed E-state index contributed by atoms with van der Waals surface area (Å²) in [7, 11) is 3.49. The van der Waals surface area contributed by atoms with E-state index in [4.69, 9.17) is 10.5 Å². The van der Waals surface area contributed by atoms with Crippen LogP contribution in [0.1, 0.15) is 12.8 Å². The molecule has 4 heteroatoms. The topological polar surface area (TPSA) is 49.4 Å². The third-order valence-corrected chi connectivity index (χ3v) is 1.34. The fraction of sp³-hybridized carbons (Fsp3) is 1.00. The van der Waals surface area contributed by atoms with Crippen molar-refractivity contribution >= 4 is 0 Å². The van der Waals surface area contributed by atoms with Gasteiger partial charge in [0.1, 0.15) is 0 Å². The van der Waals surface area contributed by atoms with Gasteiger partial charge in [0.15, 0.2) is 0 Å². The maximum Gasteiger partial charge on any atom is 1.00 e. The number of hydrogen-bond acceptors (Lipinski definition) is 2. The van der Waals surface area contributed by atoms with Gasteiger partial charge in [-0.3, -0.25) is 0 Å². The summed E-state index contributed by atoms with van der Waals surface area (Å²) in [6, 6.07) is 0.187. The van der Waals surface area contributed by atoms with Crippen molar-refractivity contribution in [3.05, 3.63) is 5.32 Å². The second-order valence-corrected chi connectivity index (χ2v) is 2.40. The molecule has 0 aliphatic heterocycles. The Balaban J connectivity index is 0. The summed E-state index contributed by atoms with van der Waals surface area (Å²) in [5.41, 5.74) is 5.66. The van der Waals surface area contributed by atoms with Gasteiger partial charge in [-0.25, -0.2) is 0 Å². The van der Waals surface area contributed by atoms with E-state index < -0.39 is 0 Å². The van der Waals surface area contributed by atoms with Gasteiger partial charge < -0.3 is 15.8 Å². The van der Waals surface area contributed by atoms with Crippen molar-refractivity contribution in [2.75, 3.05) is 27.3 Å².